The summed E-state index contributed by atoms with van der Waals surface area (Å²) >= 11 is 0. The Morgan fingerprint density at radius 3 is 3.13 bits per heavy atom. The molecule has 0 radical (unpaired) electrons. The van der Waals surface area contributed by atoms with Crippen LogP contribution in [0.1, 0.15) is 17.7 Å². The number of fused-ring (bicyclic) bond motifs is 3. The molecule has 0 spiro atoms. The number of hydrogen-bond acceptors (Lipinski definition) is 4. The lowest BCUT2D eigenvalue weighted by Crippen LogP contribution is -2.36. The summed E-state index contributed by atoms with van der Waals surface area (Å²) in [4.78, 5) is 6.09. The van der Waals surface area contributed by atoms with Crippen molar-refractivity contribution < 1.29 is 14.2 Å². The van der Waals surface area contributed by atoms with E-state index in [-0.39, 0.29) is 6.10 Å². The number of nitrogens with one attached hydrogen (secondary N) is 1. The summed E-state index contributed by atoms with van der Waals surface area (Å²) in [6.07, 6.45) is 2.38. The molecule has 2 aliphatic heterocycles. The Morgan fingerprint density at radius 2 is 2.30 bits per heavy atom. The molecule has 0 aliphatic carbocycles. The van der Waals surface area contributed by atoms with Crippen LogP contribution in [0.2, 0.25) is 0 Å². The van der Waals surface area contributed by atoms with Crippen LogP contribution in [0.5, 0.6) is 5.75 Å². The zero-order valence-corrected chi connectivity index (χ0v) is 13.6. The van der Waals surface area contributed by atoms with Crippen LogP contribution in [0.25, 0.3) is 10.9 Å². The Morgan fingerprint density at radius 1 is 1.35 bits per heavy atom. The second kappa shape index (κ2) is 6.51. The van der Waals surface area contributed by atoms with Gasteiger partial charge in [-0.1, -0.05) is 0 Å². The predicted molar refractivity (Wildman–Crippen MR) is 89.0 cm³/mol. The summed E-state index contributed by atoms with van der Waals surface area (Å²) < 4.78 is 16.6. The van der Waals surface area contributed by atoms with Gasteiger partial charge in [0.2, 0.25) is 0 Å². The highest BCUT2D eigenvalue weighted by Crippen LogP contribution is 2.30. The van der Waals surface area contributed by atoms with E-state index in [1.807, 2.05) is 6.07 Å². The summed E-state index contributed by atoms with van der Waals surface area (Å²) in [6.45, 7) is 5.37. The van der Waals surface area contributed by atoms with Crippen molar-refractivity contribution in [2.24, 2.45) is 0 Å². The van der Waals surface area contributed by atoms with Gasteiger partial charge in [0, 0.05) is 42.7 Å². The molecule has 0 amide bonds. The van der Waals surface area contributed by atoms with Crippen LogP contribution in [0.4, 0.5) is 0 Å². The first-order chi connectivity index (χ1) is 11.3. The van der Waals surface area contributed by atoms with Crippen LogP contribution in [-0.4, -0.2) is 56.0 Å². The lowest BCUT2D eigenvalue weighted by molar-refractivity contribution is -0.0929. The summed E-state index contributed by atoms with van der Waals surface area (Å²) in [6, 6.07) is 6.28. The van der Waals surface area contributed by atoms with E-state index in [1.165, 1.54) is 22.2 Å². The van der Waals surface area contributed by atoms with Crippen LogP contribution < -0.4 is 4.74 Å². The molecular formula is C18H24N2O3. The highest BCUT2D eigenvalue weighted by molar-refractivity contribution is 5.86. The predicted octanol–water partition coefficient (Wildman–Crippen LogP) is 2.34. The van der Waals surface area contributed by atoms with Crippen molar-refractivity contribution >= 4 is 10.9 Å². The van der Waals surface area contributed by atoms with E-state index in [4.69, 9.17) is 14.2 Å². The Balaban J connectivity index is 1.47. The van der Waals surface area contributed by atoms with E-state index < -0.39 is 0 Å². The number of hydrogen-bond donors (Lipinski definition) is 1. The lowest BCUT2D eigenvalue weighted by Gasteiger charge is -2.30. The number of aromatic nitrogens is 1. The molecule has 2 aromatic rings. The van der Waals surface area contributed by atoms with Gasteiger partial charge in [-0.3, -0.25) is 4.90 Å². The Hall–Kier alpha value is -1.56. The molecular weight excluding hydrogens is 292 g/mol. The molecule has 23 heavy (non-hydrogen) atoms. The van der Waals surface area contributed by atoms with Crippen LogP contribution in [0.3, 0.4) is 0 Å². The molecule has 1 N–H and O–H groups in total. The van der Waals surface area contributed by atoms with Gasteiger partial charge in [-0.25, -0.2) is 0 Å². The molecule has 124 valence electrons. The average molecular weight is 316 g/mol. The number of nitrogens with zero attached hydrogens (tertiary/aromatic N) is 1. The zero-order chi connectivity index (χ0) is 15.6. The maximum atomic E-state index is 5.75. The molecule has 1 atom stereocenters. The number of H-pyrrole nitrogens is 1. The van der Waals surface area contributed by atoms with Crippen LogP contribution >= 0.6 is 0 Å². The second-order valence-electron chi connectivity index (χ2n) is 6.38. The number of aromatic amines is 1. The molecule has 1 saturated heterocycles. The molecule has 1 aromatic heterocycles. The molecule has 1 fully saturated rings. The van der Waals surface area contributed by atoms with Gasteiger partial charge in [-0.05, 0) is 30.2 Å². The minimum atomic E-state index is 0.258. The smallest absolute Gasteiger partial charge is 0.119 e. The monoisotopic (exact) mass is 316 g/mol. The van der Waals surface area contributed by atoms with Crippen molar-refractivity contribution in [2.45, 2.75) is 25.5 Å². The second-order valence-corrected chi connectivity index (χ2v) is 6.38. The Kier molecular flexibility index (Phi) is 4.25. The normalized spacial score (nSPS) is 22.2. The summed E-state index contributed by atoms with van der Waals surface area (Å²) in [5, 5.41) is 1.29. The minimum Gasteiger partial charge on any atom is -0.497 e. The largest absolute Gasteiger partial charge is 0.497 e. The van der Waals surface area contributed by atoms with Gasteiger partial charge in [-0.15, -0.1) is 0 Å². The fourth-order valence-corrected chi connectivity index (χ4v) is 3.60. The van der Waals surface area contributed by atoms with Gasteiger partial charge in [-0.2, -0.15) is 0 Å². The Labute approximate surface area is 136 Å². The SMILES string of the molecule is COc1ccc2[nH]c3c(c2c1)CN(CCC1COCCO1)CC3. The molecule has 5 nitrogen and oxygen atoms in total. The molecule has 0 saturated carbocycles. The van der Waals surface area contributed by atoms with Crippen LogP contribution in [0.15, 0.2) is 18.2 Å². The summed E-state index contributed by atoms with van der Waals surface area (Å²) in [5.41, 5.74) is 4.01. The molecule has 0 bridgehead atoms. The fourth-order valence-electron chi connectivity index (χ4n) is 3.60. The fraction of sp³-hybridized carbons (Fsp3) is 0.556. The zero-order valence-electron chi connectivity index (χ0n) is 13.6. The highest BCUT2D eigenvalue weighted by atomic mass is 16.6. The van der Waals surface area contributed by atoms with Gasteiger partial charge < -0.3 is 19.2 Å². The molecule has 5 heteroatoms. The van der Waals surface area contributed by atoms with Gasteiger partial charge in [0.05, 0.1) is 33.0 Å². The third-order valence-corrected chi connectivity index (χ3v) is 4.91. The summed E-state index contributed by atoms with van der Waals surface area (Å²) in [5.74, 6) is 0.921. The van der Waals surface area contributed by atoms with E-state index in [0.29, 0.717) is 0 Å². The van der Waals surface area contributed by atoms with E-state index in [1.54, 1.807) is 7.11 Å². The molecule has 3 heterocycles. The third kappa shape index (κ3) is 3.09. The maximum Gasteiger partial charge on any atom is 0.119 e. The average Bonchev–Trinajstić information content (AvgIpc) is 2.98. The van der Waals surface area contributed by atoms with Crippen molar-refractivity contribution in [3.8, 4) is 5.75 Å². The minimum absolute atomic E-state index is 0.258. The van der Waals surface area contributed by atoms with E-state index in [2.05, 4.69) is 22.0 Å². The highest BCUT2D eigenvalue weighted by Gasteiger charge is 2.22. The Bertz CT molecular complexity index is 676. The van der Waals surface area contributed by atoms with E-state index in [0.717, 1.165) is 58.0 Å². The number of ether oxygens (including phenoxy) is 3. The van der Waals surface area contributed by atoms with Crippen molar-refractivity contribution in [1.82, 2.24) is 9.88 Å². The standard InChI is InChI=1S/C18H24N2O3/c1-21-13-2-3-17-15(10-13)16-11-20(7-5-18(16)19-17)6-4-14-12-22-8-9-23-14/h2-3,10,14,19H,4-9,11-12H2,1H3. The first-order valence-corrected chi connectivity index (χ1v) is 8.42. The topological polar surface area (TPSA) is 46.7 Å². The van der Waals surface area contributed by atoms with Crippen molar-refractivity contribution in [2.75, 3.05) is 40.0 Å². The summed E-state index contributed by atoms with van der Waals surface area (Å²) in [7, 11) is 1.72. The van der Waals surface area contributed by atoms with Crippen LogP contribution in [-0.2, 0) is 22.4 Å². The first kappa shape index (κ1) is 15.0. The number of benzene rings is 1. The quantitative estimate of drug-likeness (QED) is 0.940. The molecule has 2 aliphatic rings. The molecule has 1 aromatic carbocycles. The van der Waals surface area contributed by atoms with Crippen LogP contribution in [0, 0.1) is 0 Å². The molecule has 4 rings (SSSR count). The van der Waals surface area contributed by atoms with Gasteiger partial charge in [0.25, 0.3) is 0 Å². The first-order valence-electron chi connectivity index (χ1n) is 8.42. The third-order valence-electron chi connectivity index (χ3n) is 4.91. The van der Waals surface area contributed by atoms with Gasteiger partial charge >= 0.3 is 0 Å². The van der Waals surface area contributed by atoms with Gasteiger partial charge in [0.15, 0.2) is 0 Å². The van der Waals surface area contributed by atoms with Crippen molar-refractivity contribution in [1.29, 1.82) is 0 Å². The van der Waals surface area contributed by atoms with Crippen molar-refractivity contribution in [3.05, 3.63) is 29.5 Å². The van der Waals surface area contributed by atoms with Crippen molar-refractivity contribution in [3.63, 3.8) is 0 Å². The van der Waals surface area contributed by atoms with E-state index >= 15 is 0 Å². The maximum absolute atomic E-state index is 5.75. The number of rotatable bonds is 4. The lowest BCUT2D eigenvalue weighted by atomic mass is 10.0. The number of methoxy groups -OCH3 is 1. The van der Waals surface area contributed by atoms with E-state index in [9.17, 15) is 0 Å². The molecule has 1 unspecified atom stereocenters. The van der Waals surface area contributed by atoms with Gasteiger partial charge in [0.1, 0.15) is 5.75 Å².